The van der Waals surface area contributed by atoms with Crippen molar-refractivity contribution in [2.75, 3.05) is 12.3 Å². The minimum Gasteiger partial charge on any atom is -0.462 e. The number of hydrogen-bond donors (Lipinski definition) is 1. The van der Waals surface area contributed by atoms with Gasteiger partial charge < -0.3 is 10.5 Å². The zero-order valence-electron chi connectivity index (χ0n) is 12.4. The second-order valence-corrected chi connectivity index (χ2v) is 5.98. The second-order valence-electron chi connectivity index (χ2n) is 4.98. The smallest absolute Gasteiger partial charge is 0.350 e. The average molecular weight is 312 g/mol. The van der Waals surface area contributed by atoms with Crippen LogP contribution < -0.4 is 5.73 Å². The molecule has 0 saturated heterocycles. The van der Waals surface area contributed by atoms with E-state index in [9.17, 15) is 4.79 Å². The van der Waals surface area contributed by atoms with E-state index in [-0.39, 0.29) is 5.97 Å². The molecule has 0 aliphatic rings. The lowest BCUT2D eigenvalue weighted by molar-refractivity contribution is 0.0533. The van der Waals surface area contributed by atoms with Crippen molar-refractivity contribution >= 4 is 33.2 Å². The Morgan fingerprint density at radius 3 is 2.64 bits per heavy atom. The highest BCUT2D eigenvalue weighted by Gasteiger charge is 2.18. The molecule has 2 aromatic heterocycles. The average Bonchev–Trinajstić information content (AvgIpc) is 2.85. The molecule has 0 fully saturated rings. The van der Waals surface area contributed by atoms with Gasteiger partial charge in [-0.15, -0.1) is 11.3 Å². The van der Waals surface area contributed by atoms with E-state index >= 15 is 0 Å². The van der Waals surface area contributed by atoms with Gasteiger partial charge in [0.2, 0.25) is 0 Å². The molecule has 0 aliphatic carbocycles. The number of carbonyl (C=O) groups excluding carboxylic acids is 1. The number of anilines is 1. The minimum atomic E-state index is -0.389. The summed E-state index contributed by atoms with van der Waals surface area (Å²) in [6.07, 6.45) is 0. The van der Waals surface area contributed by atoms with Crippen molar-refractivity contribution < 1.29 is 9.53 Å². The molecule has 0 amide bonds. The lowest BCUT2D eigenvalue weighted by Crippen LogP contribution is -2.04. The summed E-state index contributed by atoms with van der Waals surface area (Å²) in [7, 11) is 0. The van der Waals surface area contributed by atoms with Gasteiger partial charge in [-0.2, -0.15) is 0 Å². The molecule has 4 nitrogen and oxygen atoms in total. The molecule has 22 heavy (non-hydrogen) atoms. The van der Waals surface area contributed by atoms with Gasteiger partial charge in [0.1, 0.15) is 9.71 Å². The highest BCUT2D eigenvalue weighted by atomic mass is 32.1. The van der Waals surface area contributed by atoms with E-state index in [4.69, 9.17) is 10.5 Å². The van der Waals surface area contributed by atoms with E-state index in [1.165, 1.54) is 16.9 Å². The predicted octanol–water partition coefficient (Wildman–Crippen LogP) is 4.03. The molecule has 5 heteroatoms. The molecule has 0 unspecified atom stereocenters. The molecule has 1 aromatic carbocycles. The number of ether oxygens (including phenoxy) is 1. The summed E-state index contributed by atoms with van der Waals surface area (Å²) < 4.78 is 5.03. The molecule has 3 aromatic rings. The number of aryl methyl sites for hydroxylation is 1. The zero-order valence-corrected chi connectivity index (χ0v) is 13.2. The van der Waals surface area contributed by atoms with Gasteiger partial charge in [0.25, 0.3) is 0 Å². The molecule has 0 spiro atoms. The van der Waals surface area contributed by atoms with Crippen LogP contribution in [0.4, 0.5) is 5.69 Å². The Morgan fingerprint density at radius 1 is 1.23 bits per heavy atom. The molecule has 0 bridgehead atoms. The van der Waals surface area contributed by atoms with Gasteiger partial charge in [-0.05, 0) is 26.0 Å². The summed E-state index contributed by atoms with van der Waals surface area (Å²) in [5.41, 5.74) is 9.60. The maximum Gasteiger partial charge on any atom is 0.350 e. The summed E-state index contributed by atoms with van der Waals surface area (Å²) in [6.45, 7) is 4.15. The number of thiophene rings is 1. The first-order valence-corrected chi connectivity index (χ1v) is 7.85. The first-order chi connectivity index (χ1) is 10.6. The molecule has 0 atom stereocenters. The third kappa shape index (κ3) is 2.55. The van der Waals surface area contributed by atoms with Crippen molar-refractivity contribution in [1.29, 1.82) is 0 Å². The maximum absolute atomic E-state index is 11.9. The van der Waals surface area contributed by atoms with E-state index < -0.39 is 0 Å². The summed E-state index contributed by atoms with van der Waals surface area (Å²) >= 11 is 1.27. The fourth-order valence-electron chi connectivity index (χ4n) is 2.23. The molecule has 0 radical (unpaired) electrons. The van der Waals surface area contributed by atoms with Gasteiger partial charge in [-0.25, -0.2) is 9.78 Å². The Balaban J connectivity index is 2.07. The number of esters is 1. The highest BCUT2D eigenvalue weighted by molar-refractivity contribution is 7.21. The Hall–Kier alpha value is -2.40. The number of nitrogens with two attached hydrogens (primary N) is 1. The van der Waals surface area contributed by atoms with Gasteiger partial charge in [0, 0.05) is 10.9 Å². The molecule has 2 N–H and O–H groups in total. The van der Waals surface area contributed by atoms with E-state index in [2.05, 4.69) is 4.98 Å². The third-order valence-corrected chi connectivity index (χ3v) is 4.50. The fraction of sp³-hybridized carbons (Fsp3) is 0.176. The minimum absolute atomic E-state index is 0.328. The third-order valence-electron chi connectivity index (χ3n) is 3.40. The lowest BCUT2D eigenvalue weighted by Gasteiger charge is -2.01. The van der Waals surface area contributed by atoms with Crippen LogP contribution in [0.1, 0.15) is 22.2 Å². The number of nitrogens with zero attached hydrogens (tertiary/aromatic N) is 1. The van der Waals surface area contributed by atoms with E-state index in [1.807, 2.05) is 43.3 Å². The predicted molar refractivity (Wildman–Crippen MR) is 90.2 cm³/mol. The second kappa shape index (κ2) is 5.77. The van der Waals surface area contributed by atoms with E-state index in [1.54, 1.807) is 6.92 Å². The van der Waals surface area contributed by atoms with Gasteiger partial charge in [0.15, 0.2) is 0 Å². The number of fused-ring (bicyclic) bond motifs is 1. The standard InChI is InChI=1S/C17H16N2O2S/c1-3-21-17(20)15-14(18)12-8-9-13(19-16(12)22-15)11-6-4-10(2)5-7-11/h4-9H,3,18H2,1-2H3. The Labute approximate surface area is 132 Å². The topological polar surface area (TPSA) is 65.2 Å². The zero-order chi connectivity index (χ0) is 15.7. The number of pyridine rings is 1. The molecular formula is C17H16N2O2S. The van der Waals surface area contributed by atoms with Gasteiger partial charge in [-0.3, -0.25) is 0 Å². The summed E-state index contributed by atoms with van der Waals surface area (Å²) in [6, 6.07) is 12.0. The first kappa shape index (κ1) is 14.5. The van der Waals surface area contributed by atoms with Crippen LogP contribution in [0.5, 0.6) is 0 Å². The summed E-state index contributed by atoms with van der Waals surface area (Å²) in [5.74, 6) is -0.389. The van der Waals surface area contributed by atoms with Crippen molar-refractivity contribution in [3.8, 4) is 11.3 Å². The van der Waals surface area contributed by atoms with Crippen molar-refractivity contribution in [2.24, 2.45) is 0 Å². The largest absolute Gasteiger partial charge is 0.462 e. The van der Waals surface area contributed by atoms with Gasteiger partial charge >= 0.3 is 5.97 Å². The van der Waals surface area contributed by atoms with Crippen molar-refractivity contribution in [2.45, 2.75) is 13.8 Å². The Bertz CT molecular complexity index is 838. The van der Waals surface area contributed by atoms with Crippen molar-refractivity contribution in [3.63, 3.8) is 0 Å². The normalized spacial score (nSPS) is 10.8. The number of hydrogen-bond acceptors (Lipinski definition) is 5. The number of nitrogen functional groups attached to an aromatic ring is 1. The molecular weight excluding hydrogens is 296 g/mol. The SMILES string of the molecule is CCOC(=O)c1sc2nc(-c3ccc(C)cc3)ccc2c1N. The van der Waals surface area contributed by atoms with Crippen LogP contribution in [0.15, 0.2) is 36.4 Å². The monoisotopic (exact) mass is 312 g/mol. The van der Waals surface area contributed by atoms with Gasteiger partial charge in [0.05, 0.1) is 18.0 Å². The van der Waals surface area contributed by atoms with Crippen LogP contribution in [0.3, 0.4) is 0 Å². The molecule has 2 heterocycles. The fourth-order valence-corrected chi connectivity index (χ4v) is 3.22. The molecule has 0 saturated carbocycles. The van der Waals surface area contributed by atoms with Crippen LogP contribution in [0.25, 0.3) is 21.5 Å². The Kier molecular flexibility index (Phi) is 3.81. The van der Waals surface area contributed by atoms with Crippen molar-refractivity contribution in [3.05, 3.63) is 46.8 Å². The lowest BCUT2D eigenvalue weighted by atomic mass is 10.1. The van der Waals surface area contributed by atoms with Crippen LogP contribution in [-0.2, 0) is 4.74 Å². The summed E-state index contributed by atoms with van der Waals surface area (Å²) in [5, 5.41) is 0.795. The highest BCUT2D eigenvalue weighted by Crippen LogP contribution is 2.34. The molecule has 3 rings (SSSR count). The number of aromatic nitrogens is 1. The number of benzene rings is 1. The van der Waals surface area contributed by atoms with Crippen LogP contribution >= 0.6 is 11.3 Å². The van der Waals surface area contributed by atoms with Crippen LogP contribution in [0, 0.1) is 6.92 Å². The molecule has 0 aliphatic heterocycles. The number of rotatable bonds is 3. The van der Waals surface area contributed by atoms with E-state index in [0.29, 0.717) is 17.2 Å². The molecule has 112 valence electrons. The maximum atomic E-state index is 11.9. The van der Waals surface area contributed by atoms with Crippen LogP contribution in [-0.4, -0.2) is 17.6 Å². The first-order valence-electron chi connectivity index (χ1n) is 7.03. The Morgan fingerprint density at radius 2 is 1.95 bits per heavy atom. The van der Waals surface area contributed by atoms with Crippen LogP contribution in [0.2, 0.25) is 0 Å². The number of carbonyl (C=O) groups is 1. The van der Waals surface area contributed by atoms with E-state index in [0.717, 1.165) is 21.5 Å². The van der Waals surface area contributed by atoms with Gasteiger partial charge in [-0.1, -0.05) is 29.8 Å². The quantitative estimate of drug-likeness (QED) is 0.742. The van der Waals surface area contributed by atoms with Crippen molar-refractivity contribution in [1.82, 2.24) is 4.98 Å². The summed E-state index contributed by atoms with van der Waals surface area (Å²) in [4.78, 5) is 17.7.